The highest BCUT2D eigenvalue weighted by Crippen LogP contribution is 2.35. The van der Waals surface area contributed by atoms with Gasteiger partial charge in [0, 0.05) is 43.4 Å². The Morgan fingerprint density at radius 3 is 2.58 bits per heavy atom. The van der Waals surface area contributed by atoms with Gasteiger partial charge in [-0.25, -0.2) is 4.98 Å². The van der Waals surface area contributed by atoms with Crippen LogP contribution in [0.3, 0.4) is 0 Å². The third-order valence-corrected chi connectivity index (χ3v) is 7.28. The van der Waals surface area contributed by atoms with Crippen LogP contribution in [0.4, 0.5) is 11.4 Å². The van der Waals surface area contributed by atoms with Gasteiger partial charge in [-0.1, -0.05) is 36.4 Å². The van der Waals surface area contributed by atoms with E-state index in [1.54, 1.807) is 16.5 Å². The van der Waals surface area contributed by atoms with E-state index in [0.717, 1.165) is 54.1 Å². The van der Waals surface area contributed by atoms with Crippen molar-refractivity contribution in [1.29, 1.82) is 0 Å². The summed E-state index contributed by atoms with van der Waals surface area (Å²) in [5, 5.41) is 3.39. The Hall–Kier alpha value is -4.07. The molecule has 1 amide bonds. The largest absolute Gasteiger partial charge is 0.482 e. The molecule has 0 saturated carbocycles. The first-order chi connectivity index (χ1) is 17.5. The molecule has 1 fully saturated rings. The highest BCUT2D eigenvalue weighted by atomic mass is 16.5. The number of fused-ring (bicyclic) bond motifs is 2. The fourth-order valence-corrected chi connectivity index (χ4v) is 5.26. The first-order valence-electron chi connectivity index (χ1n) is 12.5. The van der Waals surface area contributed by atoms with Crippen LogP contribution >= 0.6 is 0 Å². The number of rotatable bonds is 4. The van der Waals surface area contributed by atoms with Crippen LogP contribution in [0.2, 0.25) is 0 Å². The van der Waals surface area contributed by atoms with E-state index < -0.39 is 0 Å². The van der Waals surface area contributed by atoms with Crippen molar-refractivity contribution in [2.45, 2.75) is 32.6 Å². The molecule has 6 rings (SSSR count). The topological polar surface area (TPSA) is 82.9 Å². The van der Waals surface area contributed by atoms with E-state index in [9.17, 15) is 9.59 Å². The van der Waals surface area contributed by atoms with E-state index in [1.807, 2.05) is 43.3 Å². The second kappa shape index (κ2) is 8.86. The van der Waals surface area contributed by atoms with Crippen molar-refractivity contribution in [3.05, 3.63) is 75.7 Å². The van der Waals surface area contributed by atoms with Gasteiger partial charge in [-0.2, -0.15) is 4.52 Å². The summed E-state index contributed by atoms with van der Waals surface area (Å²) in [7, 11) is 1.74. The van der Waals surface area contributed by atoms with Crippen LogP contribution in [0.15, 0.2) is 53.3 Å². The van der Waals surface area contributed by atoms with Gasteiger partial charge in [0.25, 0.3) is 11.5 Å². The van der Waals surface area contributed by atoms with E-state index in [0.29, 0.717) is 29.1 Å². The Balaban J connectivity index is 1.47. The van der Waals surface area contributed by atoms with Crippen molar-refractivity contribution in [2.24, 2.45) is 0 Å². The van der Waals surface area contributed by atoms with Crippen LogP contribution in [0, 0.1) is 6.92 Å². The number of carbonyl (C=O) groups excluding carboxylic acids is 1. The Labute approximate surface area is 209 Å². The molecule has 8 heteroatoms. The van der Waals surface area contributed by atoms with Crippen molar-refractivity contribution in [3.8, 4) is 17.0 Å². The normalized spacial score (nSPS) is 15.8. The number of benzene rings is 2. The van der Waals surface area contributed by atoms with Gasteiger partial charge < -0.3 is 14.5 Å². The molecule has 184 valence electrons. The summed E-state index contributed by atoms with van der Waals surface area (Å²) in [5.41, 5.74) is 6.51. The number of likely N-dealkylation sites (N-methyl/N-ethyl adjacent to an activating group) is 1. The van der Waals surface area contributed by atoms with Crippen LogP contribution < -0.4 is 20.1 Å². The molecule has 1 saturated heterocycles. The van der Waals surface area contributed by atoms with E-state index in [-0.39, 0.29) is 18.1 Å². The average Bonchev–Trinajstić information content (AvgIpc) is 3.29. The summed E-state index contributed by atoms with van der Waals surface area (Å²) in [6.45, 7) is 3.85. The van der Waals surface area contributed by atoms with E-state index >= 15 is 0 Å². The highest BCUT2D eigenvalue weighted by molar-refractivity contribution is 5.97. The summed E-state index contributed by atoms with van der Waals surface area (Å²) >= 11 is 0. The van der Waals surface area contributed by atoms with Crippen molar-refractivity contribution in [2.75, 3.05) is 36.5 Å². The first-order valence-corrected chi connectivity index (χ1v) is 12.5. The van der Waals surface area contributed by atoms with Gasteiger partial charge in [-0.3, -0.25) is 14.7 Å². The molecule has 2 aromatic heterocycles. The second-order valence-corrected chi connectivity index (χ2v) is 9.61. The lowest BCUT2D eigenvalue weighted by molar-refractivity contribution is -0.120. The molecule has 4 heterocycles. The third-order valence-electron chi connectivity index (χ3n) is 7.28. The number of H-pyrrole nitrogens is 1. The number of aromatic amines is 1. The van der Waals surface area contributed by atoms with E-state index in [1.165, 1.54) is 6.42 Å². The minimum Gasteiger partial charge on any atom is -0.482 e. The van der Waals surface area contributed by atoms with Gasteiger partial charge in [0.05, 0.1) is 11.4 Å². The molecule has 0 spiro atoms. The number of anilines is 2. The zero-order valence-corrected chi connectivity index (χ0v) is 20.6. The summed E-state index contributed by atoms with van der Waals surface area (Å²) in [6, 6.07) is 15.9. The maximum atomic E-state index is 13.8. The Morgan fingerprint density at radius 1 is 1.03 bits per heavy atom. The smallest absolute Gasteiger partial charge is 0.276 e. The molecule has 0 radical (unpaired) electrons. The van der Waals surface area contributed by atoms with E-state index in [2.05, 4.69) is 22.1 Å². The van der Waals surface area contributed by atoms with Crippen LogP contribution in [0.1, 0.15) is 36.1 Å². The molecule has 0 bridgehead atoms. The standard InChI is InChI=1S/C28H29N5O3/c1-18-21(15-19-11-12-23-22(16-19)31(2)24(34)17-36-23)28(35)33-27(29-18)26(32-13-7-4-8-14-32)25(30-33)20-9-5-3-6-10-20/h3,5-6,9-12,16,30H,4,7-8,13-15,17H2,1-2H3. The Kier molecular flexibility index (Phi) is 5.51. The number of piperidine rings is 1. The number of amides is 1. The Morgan fingerprint density at radius 2 is 1.81 bits per heavy atom. The molecule has 1 N–H and O–H groups in total. The first kappa shape index (κ1) is 22.4. The summed E-state index contributed by atoms with van der Waals surface area (Å²) < 4.78 is 7.16. The highest BCUT2D eigenvalue weighted by Gasteiger charge is 2.26. The van der Waals surface area contributed by atoms with Crippen LogP contribution in [-0.4, -0.2) is 47.2 Å². The monoisotopic (exact) mass is 483 g/mol. The lowest BCUT2D eigenvalue weighted by atomic mass is 10.0. The summed E-state index contributed by atoms with van der Waals surface area (Å²) in [5.74, 6) is 0.579. The molecular formula is C28H29N5O3. The van der Waals surface area contributed by atoms with Crippen LogP contribution in [0.5, 0.6) is 5.75 Å². The van der Waals surface area contributed by atoms with Crippen LogP contribution in [-0.2, 0) is 11.2 Å². The number of hydrogen-bond acceptors (Lipinski definition) is 5. The molecule has 0 aliphatic carbocycles. The quantitative estimate of drug-likeness (QED) is 0.476. The number of nitrogens with one attached hydrogen (secondary N) is 1. The number of nitrogens with zero attached hydrogens (tertiary/aromatic N) is 4. The molecule has 2 aliphatic heterocycles. The molecule has 0 unspecified atom stereocenters. The third kappa shape index (κ3) is 3.73. The van der Waals surface area contributed by atoms with Crippen molar-refractivity contribution in [3.63, 3.8) is 0 Å². The fraction of sp³-hybridized carbons (Fsp3) is 0.321. The molecular weight excluding hydrogens is 454 g/mol. The van der Waals surface area contributed by atoms with Gasteiger partial charge >= 0.3 is 0 Å². The number of ether oxygens (including phenoxy) is 1. The fourth-order valence-electron chi connectivity index (χ4n) is 5.26. The minimum atomic E-state index is -0.101. The van der Waals surface area contributed by atoms with Crippen molar-refractivity contribution >= 4 is 22.9 Å². The lowest BCUT2D eigenvalue weighted by Crippen LogP contribution is -2.35. The SMILES string of the molecule is Cc1nc2c(N3CCCCC3)c(-c3ccccc3)[nH]n2c(=O)c1Cc1ccc2c(c1)N(C)C(=O)CO2. The molecule has 2 aliphatic rings. The van der Waals surface area contributed by atoms with Crippen molar-refractivity contribution in [1.82, 2.24) is 14.6 Å². The number of hydrogen-bond donors (Lipinski definition) is 1. The number of carbonyl (C=O) groups is 1. The zero-order chi connectivity index (χ0) is 24.8. The summed E-state index contributed by atoms with van der Waals surface area (Å²) in [4.78, 5) is 34.8. The molecule has 0 atom stereocenters. The number of aryl methyl sites for hydroxylation is 1. The molecule has 8 nitrogen and oxygen atoms in total. The van der Waals surface area contributed by atoms with Gasteiger partial charge in [-0.15, -0.1) is 0 Å². The average molecular weight is 484 g/mol. The summed E-state index contributed by atoms with van der Waals surface area (Å²) in [6.07, 6.45) is 3.90. The van der Waals surface area contributed by atoms with Crippen molar-refractivity contribution < 1.29 is 9.53 Å². The van der Waals surface area contributed by atoms with Gasteiger partial charge in [-0.05, 0) is 43.9 Å². The van der Waals surface area contributed by atoms with Gasteiger partial charge in [0.1, 0.15) is 11.4 Å². The predicted octanol–water partition coefficient (Wildman–Crippen LogP) is 3.93. The second-order valence-electron chi connectivity index (χ2n) is 9.61. The molecule has 36 heavy (non-hydrogen) atoms. The minimum absolute atomic E-state index is 0.0415. The van der Waals surface area contributed by atoms with Gasteiger partial charge in [0.15, 0.2) is 12.3 Å². The predicted molar refractivity (Wildman–Crippen MR) is 140 cm³/mol. The maximum absolute atomic E-state index is 13.8. The Bertz CT molecular complexity index is 1520. The lowest BCUT2D eigenvalue weighted by Gasteiger charge is -2.28. The zero-order valence-electron chi connectivity index (χ0n) is 20.6. The number of aromatic nitrogens is 3. The molecule has 2 aromatic carbocycles. The maximum Gasteiger partial charge on any atom is 0.276 e. The van der Waals surface area contributed by atoms with Gasteiger partial charge in [0.2, 0.25) is 0 Å². The molecule has 4 aromatic rings. The van der Waals surface area contributed by atoms with Crippen LogP contribution in [0.25, 0.3) is 16.9 Å². The van der Waals surface area contributed by atoms with E-state index in [4.69, 9.17) is 9.72 Å².